The molecule has 0 aliphatic rings. The van der Waals surface area contributed by atoms with Crippen LogP contribution in [0.5, 0.6) is 11.5 Å². The molecule has 1 amide bonds. The van der Waals surface area contributed by atoms with E-state index < -0.39 is 5.82 Å². The second-order valence-electron chi connectivity index (χ2n) is 6.70. The highest BCUT2D eigenvalue weighted by Gasteiger charge is 2.06. The lowest BCUT2D eigenvalue weighted by Gasteiger charge is -2.07. The van der Waals surface area contributed by atoms with Crippen LogP contribution in [0.3, 0.4) is 0 Å². The molecule has 6 nitrogen and oxygen atoms in total. The number of hydrogen-bond acceptors (Lipinski definition) is 4. The number of aromatic nitrogens is 3. The van der Waals surface area contributed by atoms with Crippen molar-refractivity contribution in [3.63, 3.8) is 0 Å². The second kappa shape index (κ2) is 9.49. The van der Waals surface area contributed by atoms with Gasteiger partial charge in [-0.3, -0.25) is 14.5 Å². The Balaban J connectivity index is 1.34. The fourth-order valence-electron chi connectivity index (χ4n) is 2.87. The Morgan fingerprint density at radius 3 is 2.68 bits per heavy atom. The van der Waals surface area contributed by atoms with Crippen LogP contribution < -0.4 is 10.1 Å². The Morgan fingerprint density at radius 2 is 1.97 bits per heavy atom. The van der Waals surface area contributed by atoms with Gasteiger partial charge in [-0.05, 0) is 59.7 Å². The van der Waals surface area contributed by atoms with Gasteiger partial charge in [0.1, 0.15) is 5.75 Å². The van der Waals surface area contributed by atoms with Crippen molar-refractivity contribution in [2.45, 2.75) is 6.54 Å². The molecule has 0 spiro atoms. The molecule has 0 bridgehead atoms. The quantitative estimate of drug-likeness (QED) is 0.436. The van der Waals surface area contributed by atoms with E-state index >= 15 is 0 Å². The lowest BCUT2D eigenvalue weighted by molar-refractivity contribution is -0.111. The van der Waals surface area contributed by atoms with Gasteiger partial charge in [-0.25, -0.2) is 4.39 Å². The van der Waals surface area contributed by atoms with E-state index in [0.29, 0.717) is 23.5 Å². The topological polar surface area (TPSA) is 69.0 Å². The molecule has 31 heavy (non-hydrogen) atoms. The largest absolute Gasteiger partial charge is 0.453 e. The second-order valence-corrected chi connectivity index (χ2v) is 6.70. The normalized spacial score (nSPS) is 10.9. The summed E-state index contributed by atoms with van der Waals surface area (Å²) in [5.74, 6) is -0.306. The summed E-state index contributed by atoms with van der Waals surface area (Å²) < 4.78 is 21.6. The van der Waals surface area contributed by atoms with Crippen molar-refractivity contribution in [1.82, 2.24) is 14.8 Å². The monoisotopic (exact) mass is 414 g/mol. The molecule has 0 saturated heterocycles. The molecule has 4 rings (SSSR count). The molecule has 154 valence electrons. The number of anilines is 1. The maximum Gasteiger partial charge on any atom is 0.248 e. The summed E-state index contributed by atoms with van der Waals surface area (Å²) in [5.41, 5.74) is 2.28. The maximum absolute atomic E-state index is 14.3. The van der Waals surface area contributed by atoms with Crippen LogP contribution in [0.25, 0.3) is 6.08 Å². The highest BCUT2D eigenvalue weighted by atomic mass is 19.1. The first-order chi connectivity index (χ1) is 15.2. The number of rotatable bonds is 7. The van der Waals surface area contributed by atoms with E-state index in [1.54, 1.807) is 36.7 Å². The first-order valence-corrected chi connectivity index (χ1v) is 9.58. The van der Waals surface area contributed by atoms with Crippen molar-refractivity contribution >= 4 is 17.7 Å². The summed E-state index contributed by atoms with van der Waals surface area (Å²) in [6, 6.07) is 17.3. The molecule has 1 N–H and O–H groups in total. The summed E-state index contributed by atoms with van der Waals surface area (Å²) in [7, 11) is 0. The number of amides is 1. The van der Waals surface area contributed by atoms with Crippen LogP contribution in [0.1, 0.15) is 11.1 Å². The summed E-state index contributed by atoms with van der Waals surface area (Å²) in [4.78, 5) is 16.1. The van der Waals surface area contributed by atoms with Gasteiger partial charge in [0, 0.05) is 30.4 Å². The Kier molecular flexibility index (Phi) is 6.13. The van der Waals surface area contributed by atoms with E-state index in [1.165, 1.54) is 24.4 Å². The van der Waals surface area contributed by atoms with Crippen LogP contribution in [0.2, 0.25) is 0 Å². The summed E-state index contributed by atoms with van der Waals surface area (Å²) in [6.45, 7) is 0.660. The smallest absolute Gasteiger partial charge is 0.248 e. The predicted molar refractivity (Wildman–Crippen MR) is 116 cm³/mol. The SMILES string of the molecule is O=C(/C=C/c1ccc(Oc2cccnc2)c(F)c1)Nc1ccc(Cn2cccn2)cc1. The van der Waals surface area contributed by atoms with Crippen molar-refractivity contribution < 1.29 is 13.9 Å². The number of carbonyl (C=O) groups is 1. The van der Waals surface area contributed by atoms with E-state index in [-0.39, 0.29) is 11.7 Å². The third-order valence-corrected chi connectivity index (χ3v) is 4.37. The Morgan fingerprint density at radius 1 is 1.10 bits per heavy atom. The zero-order chi connectivity index (χ0) is 21.5. The van der Waals surface area contributed by atoms with E-state index in [9.17, 15) is 9.18 Å². The van der Waals surface area contributed by atoms with Crippen molar-refractivity contribution in [2.75, 3.05) is 5.32 Å². The fraction of sp³-hybridized carbons (Fsp3) is 0.0417. The number of hydrogen-bond donors (Lipinski definition) is 1. The fourth-order valence-corrected chi connectivity index (χ4v) is 2.87. The maximum atomic E-state index is 14.3. The number of halogens is 1. The highest BCUT2D eigenvalue weighted by molar-refractivity contribution is 6.01. The Hall–Kier alpha value is -4.26. The minimum atomic E-state index is -0.529. The van der Waals surface area contributed by atoms with Gasteiger partial charge in [0.05, 0.1) is 12.7 Å². The van der Waals surface area contributed by atoms with E-state index in [1.807, 2.05) is 41.2 Å². The van der Waals surface area contributed by atoms with Crippen molar-refractivity contribution in [3.8, 4) is 11.5 Å². The van der Waals surface area contributed by atoms with Crippen LogP contribution in [-0.4, -0.2) is 20.7 Å². The van der Waals surface area contributed by atoms with Gasteiger partial charge >= 0.3 is 0 Å². The van der Waals surface area contributed by atoms with Crippen LogP contribution in [0.4, 0.5) is 10.1 Å². The van der Waals surface area contributed by atoms with Crippen molar-refractivity contribution in [1.29, 1.82) is 0 Å². The van der Waals surface area contributed by atoms with Crippen LogP contribution >= 0.6 is 0 Å². The van der Waals surface area contributed by atoms with Gasteiger partial charge < -0.3 is 10.1 Å². The minimum absolute atomic E-state index is 0.0878. The summed E-state index contributed by atoms with van der Waals surface area (Å²) >= 11 is 0. The minimum Gasteiger partial charge on any atom is -0.453 e. The molecule has 7 heteroatoms. The van der Waals surface area contributed by atoms with E-state index in [0.717, 1.165) is 5.56 Å². The number of carbonyl (C=O) groups excluding carboxylic acids is 1. The van der Waals surface area contributed by atoms with Crippen molar-refractivity contribution in [3.05, 3.63) is 108 Å². The van der Waals surface area contributed by atoms with E-state index in [2.05, 4.69) is 15.4 Å². The Bertz CT molecular complexity index is 1170. The van der Waals surface area contributed by atoms with Gasteiger partial charge in [-0.15, -0.1) is 0 Å². The van der Waals surface area contributed by atoms with Gasteiger partial charge in [0.2, 0.25) is 5.91 Å². The average Bonchev–Trinajstić information content (AvgIpc) is 3.29. The molecule has 2 aromatic carbocycles. The lowest BCUT2D eigenvalue weighted by Crippen LogP contribution is -2.08. The number of benzene rings is 2. The standard InChI is InChI=1S/C24H19FN4O2/c25-22-15-18(6-10-23(22)31-21-3-1-12-26-16-21)7-11-24(30)28-20-8-4-19(5-9-20)17-29-14-2-13-27-29/h1-16H,17H2,(H,28,30)/b11-7+. The molecule has 0 unspecified atom stereocenters. The molecule has 2 heterocycles. The summed E-state index contributed by atoms with van der Waals surface area (Å²) in [5, 5.41) is 6.95. The van der Waals surface area contributed by atoms with Crippen LogP contribution in [-0.2, 0) is 11.3 Å². The van der Waals surface area contributed by atoms with Gasteiger partial charge in [0.25, 0.3) is 0 Å². The Labute approximate surface area is 178 Å². The zero-order valence-corrected chi connectivity index (χ0v) is 16.5. The number of nitrogens with zero attached hydrogens (tertiary/aromatic N) is 3. The molecule has 0 fully saturated rings. The van der Waals surface area contributed by atoms with Gasteiger partial charge in [-0.2, -0.15) is 5.10 Å². The molecule has 0 radical (unpaired) electrons. The molecule has 0 saturated carbocycles. The molecule has 0 aliphatic carbocycles. The first-order valence-electron chi connectivity index (χ1n) is 9.58. The predicted octanol–water partition coefficient (Wildman–Crippen LogP) is 4.91. The third kappa shape index (κ3) is 5.63. The molecular weight excluding hydrogens is 395 g/mol. The third-order valence-electron chi connectivity index (χ3n) is 4.37. The molecular formula is C24H19FN4O2. The van der Waals surface area contributed by atoms with Crippen LogP contribution in [0, 0.1) is 5.82 Å². The number of nitrogens with one attached hydrogen (secondary N) is 1. The molecule has 4 aromatic rings. The summed E-state index contributed by atoms with van der Waals surface area (Å²) in [6.07, 6.45) is 9.63. The lowest BCUT2D eigenvalue weighted by atomic mass is 10.2. The molecule has 0 aliphatic heterocycles. The van der Waals surface area contributed by atoms with Gasteiger partial charge in [-0.1, -0.05) is 18.2 Å². The van der Waals surface area contributed by atoms with E-state index in [4.69, 9.17) is 4.74 Å². The van der Waals surface area contributed by atoms with Crippen molar-refractivity contribution in [2.24, 2.45) is 0 Å². The first kappa shape index (κ1) is 20.0. The average molecular weight is 414 g/mol. The number of ether oxygens (including phenoxy) is 1. The highest BCUT2D eigenvalue weighted by Crippen LogP contribution is 2.24. The molecule has 2 aromatic heterocycles. The van der Waals surface area contributed by atoms with Gasteiger partial charge in [0.15, 0.2) is 11.6 Å². The number of pyridine rings is 1. The molecule has 0 atom stereocenters. The zero-order valence-electron chi connectivity index (χ0n) is 16.5. The van der Waals surface area contributed by atoms with Crippen LogP contribution in [0.15, 0.2) is 91.5 Å².